The number of carboxylic acids is 1. The van der Waals surface area contributed by atoms with Crippen molar-refractivity contribution in [2.75, 3.05) is 0 Å². The van der Waals surface area contributed by atoms with Crippen molar-refractivity contribution >= 4 is 17.8 Å². The van der Waals surface area contributed by atoms with Crippen molar-refractivity contribution in [1.29, 1.82) is 0 Å². The lowest BCUT2D eigenvalue weighted by molar-refractivity contribution is -0.141. The molecule has 23 heavy (non-hydrogen) atoms. The summed E-state index contributed by atoms with van der Waals surface area (Å²) in [5.41, 5.74) is 0.866. The Morgan fingerprint density at radius 1 is 1.09 bits per heavy atom. The molecule has 0 saturated heterocycles. The zero-order valence-corrected chi connectivity index (χ0v) is 13.6. The normalized spacial score (nSPS) is 15.1. The molecule has 1 saturated carbocycles. The molecule has 0 spiro atoms. The molecule has 1 atom stereocenters. The van der Waals surface area contributed by atoms with Crippen LogP contribution in [-0.2, 0) is 4.79 Å². The molecule has 6 heteroatoms. The molecule has 1 fully saturated rings. The van der Waals surface area contributed by atoms with Gasteiger partial charge in [0.25, 0.3) is 11.8 Å². The van der Waals surface area contributed by atoms with Crippen molar-refractivity contribution in [3.05, 3.63) is 35.4 Å². The smallest absolute Gasteiger partial charge is 0.326 e. The zero-order valence-electron chi connectivity index (χ0n) is 13.6. The molecule has 0 radical (unpaired) electrons. The maximum atomic E-state index is 12.6. The number of hydrogen-bond acceptors (Lipinski definition) is 3. The van der Waals surface area contributed by atoms with Crippen LogP contribution in [0.4, 0.5) is 0 Å². The van der Waals surface area contributed by atoms with Crippen LogP contribution in [0.2, 0.25) is 0 Å². The van der Waals surface area contributed by atoms with Crippen LogP contribution in [0.15, 0.2) is 24.3 Å². The highest BCUT2D eigenvalue weighted by Crippen LogP contribution is 2.30. The summed E-state index contributed by atoms with van der Waals surface area (Å²) in [5.74, 6) is -1.52. The van der Waals surface area contributed by atoms with E-state index >= 15 is 0 Å². The number of rotatable bonds is 6. The van der Waals surface area contributed by atoms with Crippen LogP contribution >= 0.6 is 0 Å². The third-order valence-corrected chi connectivity index (χ3v) is 3.76. The van der Waals surface area contributed by atoms with Crippen LogP contribution in [-0.4, -0.2) is 45.9 Å². The van der Waals surface area contributed by atoms with Gasteiger partial charge in [0.2, 0.25) is 0 Å². The first kappa shape index (κ1) is 17.0. The van der Waals surface area contributed by atoms with Crippen molar-refractivity contribution in [3.8, 4) is 0 Å². The van der Waals surface area contributed by atoms with Gasteiger partial charge in [-0.1, -0.05) is 0 Å². The summed E-state index contributed by atoms with van der Waals surface area (Å²) in [7, 11) is 0. The van der Waals surface area contributed by atoms with Gasteiger partial charge in [-0.05, 0) is 57.9 Å². The molecular weight excluding hydrogens is 296 g/mol. The molecule has 2 N–H and O–H groups in total. The summed E-state index contributed by atoms with van der Waals surface area (Å²) >= 11 is 0. The molecule has 2 rings (SSSR count). The monoisotopic (exact) mass is 318 g/mol. The maximum Gasteiger partial charge on any atom is 0.326 e. The summed E-state index contributed by atoms with van der Waals surface area (Å²) in [6.45, 7) is 5.26. The Bertz CT molecular complexity index is 606. The van der Waals surface area contributed by atoms with Gasteiger partial charge in [0.05, 0.1) is 0 Å². The molecule has 2 amide bonds. The largest absolute Gasteiger partial charge is 0.480 e. The lowest BCUT2D eigenvalue weighted by Crippen LogP contribution is -2.44. The quantitative estimate of drug-likeness (QED) is 0.839. The molecule has 1 unspecified atom stereocenters. The molecule has 1 aromatic rings. The lowest BCUT2D eigenvalue weighted by atomic mass is 10.1. The second-order valence-electron chi connectivity index (χ2n) is 6.16. The second-order valence-corrected chi connectivity index (χ2v) is 6.16. The van der Waals surface area contributed by atoms with Gasteiger partial charge in [-0.25, -0.2) is 4.79 Å². The number of carbonyl (C=O) groups excluding carboxylic acids is 2. The SMILES string of the molecule is CC(C)NC(=O)c1ccc(C(=O)N(C2CC2)C(C)C(=O)O)cc1. The van der Waals surface area contributed by atoms with E-state index in [1.807, 2.05) is 13.8 Å². The van der Waals surface area contributed by atoms with Crippen LogP contribution < -0.4 is 5.32 Å². The van der Waals surface area contributed by atoms with Crippen molar-refractivity contribution in [3.63, 3.8) is 0 Å². The predicted octanol–water partition coefficient (Wildman–Crippen LogP) is 1.90. The molecule has 1 aromatic carbocycles. The maximum absolute atomic E-state index is 12.6. The number of carboxylic acid groups (broad SMARTS) is 1. The van der Waals surface area contributed by atoms with Gasteiger partial charge in [0.15, 0.2) is 0 Å². The Balaban J connectivity index is 2.15. The van der Waals surface area contributed by atoms with Gasteiger partial charge < -0.3 is 15.3 Å². The molecule has 0 aromatic heterocycles. The molecular formula is C17H22N2O4. The molecule has 6 nitrogen and oxygen atoms in total. The van der Waals surface area contributed by atoms with Crippen molar-refractivity contribution in [1.82, 2.24) is 10.2 Å². The van der Waals surface area contributed by atoms with Gasteiger partial charge in [-0.15, -0.1) is 0 Å². The number of aliphatic carboxylic acids is 1. The Labute approximate surface area is 135 Å². The average Bonchev–Trinajstić information content (AvgIpc) is 3.31. The number of carbonyl (C=O) groups is 3. The highest BCUT2D eigenvalue weighted by Gasteiger charge is 2.38. The van der Waals surface area contributed by atoms with Crippen LogP contribution in [0.1, 0.15) is 54.3 Å². The predicted molar refractivity (Wildman–Crippen MR) is 85.3 cm³/mol. The number of nitrogens with one attached hydrogen (secondary N) is 1. The number of amides is 2. The number of benzene rings is 1. The molecule has 0 bridgehead atoms. The lowest BCUT2D eigenvalue weighted by Gasteiger charge is -2.26. The van der Waals surface area contributed by atoms with Gasteiger partial charge in [0.1, 0.15) is 6.04 Å². The first-order valence-corrected chi connectivity index (χ1v) is 7.77. The fourth-order valence-corrected chi connectivity index (χ4v) is 2.39. The van der Waals surface area contributed by atoms with E-state index in [0.29, 0.717) is 11.1 Å². The van der Waals surface area contributed by atoms with Gasteiger partial charge in [0, 0.05) is 23.2 Å². The Kier molecular flexibility index (Phi) is 5.03. The molecule has 1 aliphatic rings. The van der Waals surface area contributed by atoms with E-state index in [4.69, 9.17) is 0 Å². The highest BCUT2D eigenvalue weighted by molar-refractivity contribution is 5.99. The number of hydrogen-bond donors (Lipinski definition) is 2. The van der Waals surface area contributed by atoms with E-state index in [2.05, 4.69) is 5.32 Å². The van der Waals surface area contributed by atoms with E-state index in [1.54, 1.807) is 24.3 Å². The Hall–Kier alpha value is -2.37. The molecule has 0 aliphatic heterocycles. The van der Waals surface area contributed by atoms with Gasteiger partial charge in [-0.2, -0.15) is 0 Å². The third kappa shape index (κ3) is 4.09. The molecule has 1 aliphatic carbocycles. The average molecular weight is 318 g/mol. The van der Waals surface area contributed by atoms with E-state index in [-0.39, 0.29) is 23.9 Å². The minimum atomic E-state index is -1.02. The van der Waals surface area contributed by atoms with Crippen molar-refractivity contribution in [2.45, 2.75) is 51.7 Å². The Morgan fingerprint density at radius 3 is 2.04 bits per heavy atom. The summed E-state index contributed by atoms with van der Waals surface area (Å²) in [5, 5.41) is 12.0. The highest BCUT2D eigenvalue weighted by atomic mass is 16.4. The van der Waals surface area contributed by atoms with Crippen LogP contribution in [0, 0.1) is 0 Å². The van der Waals surface area contributed by atoms with Crippen LogP contribution in [0.25, 0.3) is 0 Å². The summed E-state index contributed by atoms with van der Waals surface area (Å²) < 4.78 is 0. The van der Waals surface area contributed by atoms with E-state index in [0.717, 1.165) is 12.8 Å². The van der Waals surface area contributed by atoms with Crippen molar-refractivity contribution in [2.24, 2.45) is 0 Å². The van der Waals surface area contributed by atoms with Crippen molar-refractivity contribution < 1.29 is 19.5 Å². The van der Waals surface area contributed by atoms with E-state index < -0.39 is 12.0 Å². The summed E-state index contributed by atoms with van der Waals surface area (Å²) in [6, 6.07) is 5.48. The fourth-order valence-electron chi connectivity index (χ4n) is 2.39. The zero-order chi connectivity index (χ0) is 17.1. The van der Waals surface area contributed by atoms with E-state index in [1.165, 1.54) is 11.8 Å². The molecule has 124 valence electrons. The number of nitrogens with zero attached hydrogens (tertiary/aromatic N) is 1. The molecule has 0 heterocycles. The summed E-state index contributed by atoms with van der Waals surface area (Å²) in [6.07, 6.45) is 1.66. The minimum absolute atomic E-state index is 0.00230. The van der Waals surface area contributed by atoms with E-state index in [9.17, 15) is 19.5 Å². The topological polar surface area (TPSA) is 86.7 Å². The minimum Gasteiger partial charge on any atom is -0.480 e. The second kappa shape index (κ2) is 6.81. The van der Waals surface area contributed by atoms with Gasteiger partial charge >= 0.3 is 5.97 Å². The first-order valence-electron chi connectivity index (χ1n) is 7.77. The van der Waals surface area contributed by atoms with Crippen LogP contribution in [0.5, 0.6) is 0 Å². The van der Waals surface area contributed by atoms with Crippen LogP contribution in [0.3, 0.4) is 0 Å². The third-order valence-electron chi connectivity index (χ3n) is 3.76. The Morgan fingerprint density at radius 2 is 1.61 bits per heavy atom. The van der Waals surface area contributed by atoms with Gasteiger partial charge in [-0.3, -0.25) is 9.59 Å². The first-order chi connectivity index (χ1) is 10.8. The standard InChI is InChI=1S/C17H22N2O4/c1-10(2)18-15(20)12-4-6-13(7-5-12)16(21)19(14-8-9-14)11(3)17(22)23/h4-7,10-11,14H,8-9H2,1-3H3,(H,18,20)(H,22,23). The summed E-state index contributed by atoms with van der Waals surface area (Å²) in [4.78, 5) is 37.1. The fraction of sp³-hybridized carbons (Fsp3) is 0.471.